The van der Waals surface area contributed by atoms with Crippen LogP contribution in [-0.4, -0.2) is 25.0 Å². The summed E-state index contributed by atoms with van der Waals surface area (Å²) in [6, 6.07) is 8.09. The Morgan fingerprint density at radius 3 is 2.80 bits per heavy atom. The Bertz CT molecular complexity index is 491. The van der Waals surface area contributed by atoms with Crippen LogP contribution in [0.25, 0.3) is 0 Å². The summed E-state index contributed by atoms with van der Waals surface area (Å²) in [6.07, 6.45) is 5.11. The van der Waals surface area contributed by atoms with E-state index in [-0.39, 0.29) is 17.4 Å². The number of nitrogens with one attached hydrogen (secondary N) is 2. The van der Waals surface area contributed by atoms with Crippen molar-refractivity contribution in [3.63, 3.8) is 0 Å². The second-order valence-electron chi connectivity index (χ2n) is 5.96. The van der Waals surface area contributed by atoms with E-state index in [0.29, 0.717) is 5.02 Å². The molecule has 0 bridgehead atoms. The van der Waals surface area contributed by atoms with Crippen molar-refractivity contribution in [2.24, 2.45) is 0 Å². The molecule has 1 heterocycles. The van der Waals surface area contributed by atoms with Crippen LogP contribution >= 0.6 is 11.6 Å². The summed E-state index contributed by atoms with van der Waals surface area (Å²) in [5.74, 6) is 0.186. The molecule has 1 atom stereocenters. The van der Waals surface area contributed by atoms with Crippen LogP contribution in [0.4, 0.5) is 0 Å². The van der Waals surface area contributed by atoms with Crippen molar-refractivity contribution in [2.75, 3.05) is 13.1 Å². The van der Waals surface area contributed by atoms with Crippen LogP contribution in [-0.2, 0) is 10.2 Å². The van der Waals surface area contributed by atoms with Gasteiger partial charge in [0.1, 0.15) is 0 Å². The number of benzene rings is 1. The summed E-state index contributed by atoms with van der Waals surface area (Å²) in [7, 11) is 0. The molecule has 4 heteroatoms. The smallest absolute Gasteiger partial charge is 0.230 e. The Balaban J connectivity index is 1.85. The van der Waals surface area contributed by atoms with Gasteiger partial charge in [-0.25, -0.2) is 0 Å². The first-order valence-electron chi connectivity index (χ1n) is 7.48. The number of hydrogen-bond donors (Lipinski definition) is 2. The van der Waals surface area contributed by atoms with Gasteiger partial charge in [-0.1, -0.05) is 36.6 Å². The van der Waals surface area contributed by atoms with E-state index in [0.717, 1.165) is 50.8 Å². The third-order valence-electron chi connectivity index (χ3n) is 4.66. The molecule has 0 radical (unpaired) electrons. The van der Waals surface area contributed by atoms with Crippen molar-refractivity contribution in [1.82, 2.24) is 10.6 Å². The molecule has 108 valence electrons. The number of carbonyl (C=O) groups is 1. The van der Waals surface area contributed by atoms with E-state index in [4.69, 9.17) is 11.6 Å². The van der Waals surface area contributed by atoms with Crippen LogP contribution in [0.1, 0.15) is 37.7 Å². The average Bonchev–Trinajstić information content (AvgIpc) is 3.10. The normalized spacial score (nSPS) is 24.8. The predicted molar refractivity (Wildman–Crippen MR) is 81.0 cm³/mol. The van der Waals surface area contributed by atoms with E-state index in [2.05, 4.69) is 10.6 Å². The molecular formula is C16H21ClN2O. The lowest BCUT2D eigenvalue weighted by molar-refractivity contribution is -0.127. The van der Waals surface area contributed by atoms with E-state index in [1.165, 1.54) is 0 Å². The molecule has 3 rings (SSSR count). The molecule has 1 amide bonds. The maximum Gasteiger partial charge on any atom is 0.230 e. The number of hydrogen-bond acceptors (Lipinski definition) is 2. The zero-order chi connectivity index (χ0) is 14.0. The Morgan fingerprint density at radius 2 is 2.15 bits per heavy atom. The fraction of sp³-hybridized carbons (Fsp3) is 0.562. The van der Waals surface area contributed by atoms with Crippen molar-refractivity contribution in [3.8, 4) is 0 Å². The van der Waals surface area contributed by atoms with Crippen molar-refractivity contribution < 1.29 is 4.79 Å². The number of carbonyl (C=O) groups excluding carboxylic acids is 1. The third-order valence-corrected chi connectivity index (χ3v) is 4.90. The molecule has 2 N–H and O–H groups in total. The Labute approximate surface area is 125 Å². The van der Waals surface area contributed by atoms with Gasteiger partial charge in [0.15, 0.2) is 0 Å². The lowest BCUT2D eigenvalue weighted by atomic mass is 9.78. The van der Waals surface area contributed by atoms with E-state index >= 15 is 0 Å². The van der Waals surface area contributed by atoms with Crippen LogP contribution in [0.15, 0.2) is 24.3 Å². The SMILES string of the molecule is O=C(NC1CCNC1)C1(c2cccc(Cl)c2)CCCC1. The fourth-order valence-corrected chi connectivity index (χ4v) is 3.70. The minimum absolute atomic E-state index is 0.186. The molecule has 3 nitrogen and oxygen atoms in total. The van der Waals surface area contributed by atoms with Gasteiger partial charge in [0.05, 0.1) is 5.41 Å². The van der Waals surface area contributed by atoms with Gasteiger partial charge in [0.2, 0.25) is 5.91 Å². The molecule has 1 saturated carbocycles. The van der Waals surface area contributed by atoms with Gasteiger partial charge in [0, 0.05) is 17.6 Å². The summed E-state index contributed by atoms with van der Waals surface area (Å²) in [5, 5.41) is 7.24. The minimum atomic E-state index is -0.368. The van der Waals surface area contributed by atoms with Crippen LogP contribution in [0, 0.1) is 0 Å². The molecule has 0 aromatic heterocycles. The largest absolute Gasteiger partial charge is 0.351 e. The zero-order valence-electron chi connectivity index (χ0n) is 11.6. The Morgan fingerprint density at radius 1 is 1.35 bits per heavy atom. The lowest BCUT2D eigenvalue weighted by Crippen LogP contribution is -2.47. The van der Waals surface area contributed by atoms with E-state index < -0.39 is 0 Å². The molecule has 1 aromatic carbocycles. The van der Waals surface area contributed by atoms with E-state index in [1.807, 2.05) is 24.3 Å². The highest BCUT2D eigenvalue weighted by Crippen LogP contribution is 2.42. The van der Waals surface area contributed by atoms with Crippen LogP contribution in [0.2, 0.25) is 5.02 Å². The standard InChI is InChI=1S/C16H21ClN2O/c17-13-5-3-4-12(10-13)16(7-1-2-8-16)15(20)19-14-6-9-18-11-14/h3-5,10,14,18H,1-2,6-9,11H2,(H,19,20). The summed E-state index contributed by atoms with van der Waals surface area (Å²) >= 11 is 6.12. The van der Waals surface area contributed by atoms with Crippen LogP contribution in [0.5, 0.6) is 0 Å². The molecule has 1 aliphatic heterocycles. The first kappa shape index (κ1) is 13.9. The zero-order valence-corrected chi connectivity index (χ0v) is 12.4. The second-order valence-corrected chi connectivity index (χ2v) is 6.40. The topological polar surface area (TPSA) is 41.1 Å². The first-order valence-corrected chi connectivity index (χ1v) is 7.86. The van der Waals surface area contributed by atoms with Crippen molar-refractivity contribution >= 4 is 17.5 Å². The molecule has 1 saturated heterocycles. The maximum absolute atomic E-state index is 12.9. The molecule has 1 unspecified atom stereocenters. The second kappa shape index (κ2) is 5.74. The van der Waals surface area contributed by atoms with Crippen molar-refractivity contribution in [1.29, 1.82) is 0 Å². The number of halogens is 1. The van der Waals surface area contributed by atoms with Gasteiger partial charge >= 0.3 is 0 Å². The van der Waals surface area contributed by atoms with Gasteiger partial charge in [0.25, 0.3) is 0 Å². The summed E-state index contributed by atoms with van der Waals surface area (Å²) in [4.78, 5) is 12.9. The molecule has 2 fully saturated rings. The van der Waals surface area contributed by atoms with Gasteiger partial charge < -0.3 is 10.6 Å². The summed E-state index contributed by atoms with van der Waals surface area (Å²) in [5.41, 5.74) is 0.707. The highest BCUT2D eigenvalue weighted by molar-refractivity contribution is 6.30. The van der Waals surface area contributed by atoms with Gasteiger partial charge in [-0.05, 0) is 43.5 Å². The highest BCUT2D eigenvalue weighted by atomic mass is 35.5. The lowest BCUT2D eigenvalue weighted by Gasteiger charge is -2.30. The summed E-state index contributed by atoms with van der Waals surface area (Å²) < 4.78 is 0. The third kappa shape index (κ3) is 2.57. The molecule has 1 aliphatic carbocycles. The Kier molecular flexibility index (Phi) is 3.99. The molecule has 2 aliphatic rings. The summed E-state index contributed by atoms with van der Waals surface area (Å²) in [6.45, 7) is 1.88. The Hall–Kier alpha value is -1.06. The molecule has 0 spiro atoms. The van der Waals surface area contributed by atoms with Crippen LogP contribution < -0.4 is 10.6 Å². The average molecular weight is 293 g/mol. The monoisotopic (exact) mass is 292 g/mol. The van der Waals surface area contributed by atoms with Crippen molar-refractivity contribution in [3.05, 3.63) is 34.9 Å². The quantitative estimate of drug-likeness (QED) is 0.899. The van der Waals surface area contributed by atoms with Crippen LogP contribution in [0.3, 0.4) is 0 Å². The fourth-order valence-electron chi connectivity index (χ4n) is 3.51. The van der Waals surface area contributed by atoms with Gasteiger partial charge in [-0.2, -0.15) is 0 Å². The maximum atomic E-state index is 12.9. The van der Waals surface area contributed by atoms with Gasteiger partial charge in [-0.3, -0.25) is 4.79 Å². The number of amides is 1. The first-order chi connectivity index (χ1) is 9.71. The molecule has 1 aromatic rings. The molecular weight excluding hydrogens is 272 g/mol. The minimum Gasteiger partial charge on any atom is -0.351 e. The molecule has 20 heavy (non-hydrogen) atoms. The number of rotatable bonds is 3. The van der Waals surface area contributed by atoms with E-state index in [1.54, 1.807) is 0 Å². The predicted octanol–water partition coefficient (Wildman–Crippen LogP) is 2.63. The van der Waals surface area contributed by atoms with Gasteiger partial charge in [-0.15, -0.1) is 0 Å². The highest BCUT2D eigenvalue weighted by Gasteiger charge is 2.43. The van der Waals surface area contributed by atoms with Crippen molar-refractivity contribution in [2.45, 2.75) is 43.6 Å². The van der Waals surface area contributed by atoms with E-state index in [9.17, 15) is 4.79 Å².